The summed E-state index contributed by atoms with van der Waals surface area (Å²) in [7, 11) is 0. The molecule has 5 heterocycles. The Hall–Kier alpha value is -5.06. The molecule has 0 aliphatic heterocycles. The fourth-order valence-corrected chi connectivity index (χ4v) is 4.20. The molecule has 0 saturated carbocycles. The molecule has 0 bridgehead atoms. The van der Waals surface area contributed by atoms with Crippen molar-refractivity contribution in [2.24, 2.45) is 0 Å². The number of pyridine rings is 1. The van der Waals surface area contributed by atoms with Crippen molar-refractivity contribution >= 4 is 28.5 Å². The predicted octanol–water partition coefficient (Wildman–Crippen LogP) is 2.79. The van der Waals surface area contributed by atoms with Crippen LogP contribution in [0, 0.1) is 0 Å². The summed E-state index contributed by atoms with van der Waals surface area (Å²) in [6.07, 6.45) is 4.85. The van der Waals surface area contributed by atoms with Gasteiger partial charge in [-0.15, -0.1) is 5.10 Å². The van der Waals surface area contributed by atoms with Crippen molar-refractivity contribution in [1.82, 2.24) is 39.7 Å². The van der Waals surface area contributed by atoms with Crippen LogP contribution in [0.15, 0.2) is 83.7 Å². The lowest BCUT2D eigenvalue weighted by atomic mass is 9.91. The highest BCUT2D eigenvalue weighted by molar-refractivity contribution is 5.94. The van der Waals surface area contributed by atoms with Gasteiger partial charge in [0.15, 0.2) is 22.6 Å². The van der Waals surface area contributed by atoms with Crippen molar-refractivity contribution in [3.05, 3.63) is 90.6 Å². The minimum atomic E-state index is -1.25. The number of benzene rings is 1. The minimum Gasteiger partial charge on any atom is -0.461 e. The van der Waals surface area contributed by atoms with E-state index in [1.165, 1.54) is 4.52 Å². The number of hydrogen-bond acceptors (Lipinski definition) is 8. The van der Waals surface area contributed by atoms with Crippen LogP contribution >= 0.6 is 0 Å². The van der Waals surface area contributed by atoms with Gasteiger partial charge in [-0.2, -0.15) is 14.6 Å². The summed E-state index contributed by atoms with van der Waals surface area (Å²) in [5.74, 6) is 0.700. The molecule has 36 heavy (non-hydrogen) atoms. The van der Waals surface area contributed by atoms with Crippen molar-refractivity contribution in [3.8, 4) is 11.6 Å². The second-order valence-electron chi connectivity index (χ2n) is 8.35. The monoisotopic (exact) mass is 479 g/mol. The summed E-state index contributed by atoms with van der Waals surface area (Å²) in [4.78, 5) is 27.3. The highest BCUT2D eigenvalue weighted by atomic mass is 16.3. The van der Waals surface area contributed by atoms with E-state index in [1.807, 2.05) is 48.5 Å². The van der Waals surface area contributed by atoms with Gasteiger partial charge in [0.1, 0.15) is 0 Å². The zero-order valence-electron chi connectivity index (χ0n) is 19.2. The first-order chi connectivity index (χ1) is 17.6. The molecule has 11 nitrogen and oxygen atoms in total. The van der Waals surface area contributed by atoms with Gasteiger partial charge >= 0.3 is 0 Å². The molecule has 1 aromatic carbocycles. The number of rotatable bonds is 6. The molecule has 5 aromatic heterocycles. The average Bonchev–Trinajstić information content (AvgIpc) is 3.67. The third-order valence-electron chi connectivity index (χ3n) is 6.13. The standard InChI is InChI=1S/C25H21N9O2/c1-25(16-8-3-2-4-9-16,23(35)28-14-17-10-5-6-12-27-17)34-22-18(15-29-34)21-30-20(19-11-7-13-36-19)32-33(21)24(26)31-22/h2-13,15H,14H2,1H3,(H2,26,31)(H,28,35). The molecule has 1 amide bonds. The van der Waals surface area contributed by atoms with Gasteiger partial charge in [-0.25, -0.2) is 9.67 Å². The topological polar surface area (TPSA) is 142 Å². The molecule has 1 unspecified atom stereocenters. The third-order valence-corrected chi connectivity index (χ3v) is 6.13. The molecule has 6 rings (SSSR count). The average molecular weight is 480 g/mol. The van der Waals surface area contributed by atoms with E-state index in [2.05, 4.69) is 30.5 Å². The van der Waals surface area contributed by atoms with Crippen LogP contribution in [0.25, 0.3) is 28.3 Å². The number of anilines is 1. The highest BCUT2D eigenvalue weighted by Crippen LogP contribution is 2.31. The van der Waals surface area contributed by atoms with Gasteiger partial charge in [0.25, 0.3) is 5.91 Å². The number of amides is 1. The Kier molecular flexibility index (Phi) is 4.95. The molecular weight excluding hydrogens is 458 g/mol. The molecule has 0 saturated heterocycles. The summed E-state index contributed by atoms with van der Waals surface area (Å²) >= 11 is 0. The van der Waals surface area contributed by atoms with Gasteiger partial charge in [0.05, 0.1) is 30.1 Å². The van der Waals surface area contributed by atoms with Crippen LogP contribution in [0.3, 0.4) is 0 Å². The van der Waals surface area contributed by atoms with Crippen molar-refractivity contribution in [1.29, 1.82) is 0 Å². The number of carbonyl (C=O) groups is 1. The van der Waals surface area contributed by atoms with Crippen LogP contribution in [0.1, 0.15) is 18.2 Å². The summed E-state index contributed by atoms with van der Waals surface area (Å²) < 4.78 is 8.44. The van der Waals surface area contributed by atoms with Crippen molar-refractivity contribution in [2.45, 2.75) is 19.0 Å². The molecule has 0 fully saturated rings. The maximum atomic E-state index is 13.8. The minimum absolute atomic E-state index is 0.105. The zero-order chi connectivity index (χ0) is 24.7. The Morgan fingerprint density at radius 1 is 1.06 bits per heavy atom. The van der Waals surface area contributed by atoms with E-state index >= 15 is 0 Å². The fraction of sp³-hybridized carbons (Fsp3) is 0.120. The van der Waals surface area contributed by atoms with Gasteiger partial charge in [-0.1, -0.05) is 36.4 Å². The van der Waals surface area contributed by atoms with E-state index in [-0.39, 0.29) is 18.4 Å². The summed E-state index contributed by atoms with van der Waals surface area (Å²) in [5.41, 5.74) is 7.36. The van der Waals surface area contributed by atoms with Crippen LogP contribution in [0.2, 0.25) is 0 Å². The lowest BCUT2D eigenvalue weighted by Gasteiger charge is -2.29. The van der Waals surface area contributed by atoms with E-state index in [1.54, 1.807) is 42.4 Å². The zero-order valence-corrected chi connectivity index (χ0v) is 19.2. The van der Waals surface area contributed by atoms with Crippen molar-refractivity contribution in [2.75, 3.05) is 5.73 Å². The van der Waals surface area contributed by atoms with Gasteiger partial charge in [0, 0.05) is 6.20 Å². The Bertz CT molecular complexity index is 1680. The number of nitrogen functional groups attached to an aromatic ring is 1. The van der Waals surface area contributed by atoms with E-state index < -0.39 is 5.54 Å². The number of nitrogens with zero attached hydrogens (tertiary/aromatic N) is 7. The Morgan fingerprint density at radius 2 is 1.89 bits per heavy atom. The third kappa shape index (κ3) is 3.36. The van der Waals surface area contributed by atoms with E-state index in [4.69, 9.17) is 10.2 Å². The maximum Gasteiger partial charge on any atom is 0.252 e. The second kappa shape index (κ2) is 8.31. The second-order valence-corrected chi connectivity index (χ2v) is 8.35. The van der Waals surface area contributed by atoms with Gasteiger partial charge < -0.3 is 15.5 Å². The van der Waals surface area contributed by atoms with Crippen LogP contribution in [0.5, 0.6) is 0 Å². The van der Waals surface area contributed by atoms with Gasteiger partial charge in [-0.05, 0) is 36.8 Å². The number of hydrogen-bond donors (Lipinski definition) is 2. The quantitative estimate of drug-likeness (QED) is 0.371. The molecule has 0 aliphatic carbocycles. The Labute approximate surface area is 204 Å². The smallest absolute Gasteiger partial charge is 0.252 e. The number of aromatic nitrogens is 7. The number of fused-ring (bicyclic) bond motifs is 3. The first kappa shape index (κ1) is 21.5. The molecule has 11 heteroatoms. The normalized spacial score (nSPS) is 13.1. The molecule has 178 valence electrons. The molecule has 3 N–H and O–H groups in total. The molecule has 0 spiro atoms. The van der Waals surface area contributed by atoms with E-state index in [0.717, 1.165) is 11.3 Å². The number of nitrogens with two attached hydrogens (primary N) is 1. The molecule has 0 aliphatic rings. The molecule has 1 atom stereocenters. The lowest BCUT2D eigenvalue weighted by molar-refractivity contribution is -0.127. The van der Waals surface area contributed by atoms with Crippen molar-refractivity contribution < 1.29 is 9.21 Å². The number of furan rings is 1. The van der Waals surface area contributed by atoms with Gasteiger partial charge in [-0.3, -0.25) is 9.78 Å². The van der Waals surface area contributed by atoms with Crippen molar-refractivity contribution in [3.63, 3.8) is 0 Å². The fourth-order valence-electron chi connectivity index (χ4n) is 4.20. The number of nitrogens with one attached hydrogen (secondary N) is 1. The summed E-state index contributed by atoms with van der Waals surface area (Å²) in [6.45, 7) is 2.06. The predicted molar refractivity (Wildman–Crippen MR) is 131 cm³/mol. The van der Waals surface area contributed by atoms with E-state index in [9.17, 15) is 4.79 Å². The SMILES string of the molecule is CC(C(=O)NCc1ccccn1)(c1ccccc1)n1ncc2c1nc(N)n1nc(-c3ccco3)nc21. The molecular formula is C25H21N9O2. The van der Waals surface area contributed by atoms with E-state index in [0.29, 0.717) is 28.3 Å². The lowest BCUT2D eigenvalue weighted by Crippen LogP contribution is -2.48. The van der Waals surface area contributed by atoms with Crippen LogP contribution in [-0.2, 0) is 16.9 Å². The highest BCUT2D eigenvalue weighted by Gasteiger charge is 2.40. The first-order valence-corrected chi connectivity index (χ1v) is 11.2. The van der Waals surface area contributed by atoms with Crippen LogP contribution in [-0.4, -0.2) is 40.3 Å². The molecule has 0 radical (unpaired) electrons. The van der Waals surface area contributed by atoms with Crippen LogP contribution in [0.4, 0.5) is 5.95 Å². The largest absolute Gasteiger partial charge is 0.461 e. The van der Waals surface area contributed by atoms with Crippen LogP contribution < -0.4 is 11.1 Å². The Balaban J connectivity index is 1.49. The first-order valence-electron chi connectivity index (χ1n) is 11.2. The maximum absolute atomic E-state index is 13.8. The summed E-state index contributed by atoms with van der Waals surface area (Å²) in [6, 6.07) is 18.5. The van der Waals surface area contributed by atoms with Gasteiger partial charge in [0.2, 0.25) is 11.8 Å². The summed E-state index contributed by atoms with van der Waals surface area (Å²) in [5, 5.41) is 12.6. The number of carbonyl (C=O) groups excluding carboxylic acids is 1. The molecule has 6 aromatic rings. The Morgan fingerprint density at radius 3 is 2.64 bits per heavy atom.